The Balaban J connectivity index is 2.46. The van der Waals surface area contributed by atoms with Crippen LogP contribution in [-0.2, 0) is 27.7 Å². The molecule has 2 aromatic rings. The van der Waals surface area contributed by atoms with Gasteiger partial charge in [-0.05, 0) is 29.5 Å². The van der Waals surface area contributed by atoms with Crippen LogP contribution in [0.2, 0.25) is 0 Å². The number of nitrogens with zero attached hydrogens (tertiary/aromatic N) is 1. The molecule has 1 N–H and O–H groups in total. The molecule has 5 nitrogen and oxygen atoms in total. The second-order valence-corrected chi connectivity index (χ2v) is 8.28. The number of carbonyl (C=O) groups is 1. The molecule has 0 aliphatic carbocycles. The van der Waals surface area contributed by atoms with E-state index in [0.717, 1.165) is 40.2 Å². The molecular weight excluding hydrogens is 348 g/mol. The summed E-state index contributed by atoms with van der Waals surface area (Å²) in [7, 11) is -2.12. The molecule has 0 spiro atoms. The first-order chi connectivity index (χ1) is 12.3. The van der Waals surface area contributed by atoms with E-state index < -0.39 is 16.1 Å². The van der Waals surface area contributed by atoms with Crippen LogP contribution >= 0.6 is 0 Å². The number of likely N-dealkylation sites (N-methyl/N-ethyl adjacent to an activating group) is 1. The zero-order chi connectivity index (χ0) is 19.3. The average Bonchev–Trinajstić information content (AvgIpc) is 2.62. The van der Waals surface area contributed by atoms with Crippen LogP contribution < -0.4 is 5.32 Å². The average molecular weight is 375 g/mol. The number of nitrogens with one attached hydrogen (secondary N) is 1. The lowest BCUT2D eigenvalue weighted by Crippen LogP contribution is -2.38. The zero-order valence-corrected chi connectivity index (χ0v) is 16.5. The fourth-order valence-electron chi connectivity index (χ4n) is 2.95. The monoisotopic (exact) mass is 374 g/mol. The number of benzene rings is 2. The van der Waals surface area contributed by atoms with E-state index in [1.54, 1.807) is 24.3 Å². The van der Waals surface area contributed by atoms with E-state index in [1.807, 2.05) is 38.1 Å². The van der Waals surface area contributed by atoms with Gasteiger partial charge in [-0.1, -0.05) is 62.4 Å². The molecule has 2 rings (SSSR count). The van der Waals surface area contributed by atoms with Gasteiger partial charge in [0.05, 0.1) is 6.26 Å². The summed E-state index contributed by atoms with van der Waals surface area (Å²) in [5, 5.41) is 2.99. The first-order valence-electron chi connectivity index (χ1n) is 8.69. The molecular formula is C20H26N2O3S. The molecule has 0 aliphatic rings. The van der Waals surface area contributed by atoms with E-state index in [-0.39, 0.29) is 5.91 Å². The van der Waals surface area contributed by atoms with Crippen LogP contribution in [0.25, 0.3) is 0 Å². The molecule has 0 aromatic heterocycles. The van der Waals surface area contributed by atoms with Crippen LogP contribution in [0.3, 0.4) is 0 Å². The Morgan fingerprint density at radius 3 is 2.00 bits per heavy atom. The van der Waals surface area contributed by atoms with Crippen molar-refractivity contribution in [3.8, 4) is 0 Å². The summed E-state index contributed by atoms with van der Waals surface area (Å²) in [6, 6.07) is 14.0. The molecule has 1 atom stereocenters. The van der Waals surface area contributed by atoms with Crippen molar-refractivity contribution >= 4 is 21.6 Å². The summed E-state index contributed by atoms with van der Waals surface area (Å²) in [5.74, 6) is -0.361. The molecule has 0 bridgehead atoms. The summed E-state index contributed by atoms with van der Waals surface area (Å²) in [4.78, 5) is 13.1. The Morgan fingerprint density at radius 1 is 1.00 bits per heavy atom. The van der Waals surface area contributed by atoms with Crippen LogP contribution in [-0.4, -0.2) is 31.9 Å². The van der Waals surface area contributed by atoms with Gasteiger partial charge in [-0.25, -0.2) is 8.42 Å². The summed E-state index contributed by atoms with van der Waals surface area (Å²) in [6.45, 7) is 4.06. The predicted molar refractivity (Wildman–Crippen MR) is 106 cm³/mol. The molecule has 0 fully saturated rings. The lowest BCUT2D eigenvalue weighted by molar-refractivity contribution is -0.119. The van der Waals surface area contributed by atoms with Gasteiger partial charge in [0.25, 0.3) is 0 Å². The van der Waals surface area contributed by atoms with Crippen molar-refractivity contribution in [2.45, 2.75) is 32.7 Å². The molecule has 6 heteroatoms. The minimum absolute atomic E-state index is 0.361. The van der Waals surface area contributed by atoms with Gasteiger partial charge in [-0.15, -0.1) is 0 Å². The van der Waals surface area contributed by atoms with E-state index in [1.165, 1.54) is 7.05 Å². The van der Waals surface area contributed by atoms with Gasteiger partial charge in [0.2, 0.25) is 15.9 Å². The van der Waals surface area contributed by atoms with Gasteiger partial charge in [-0.3, -0.25) is 4.79 Å². The number of amides is 1. The molecule has 0 heterocycles. The molecule has 1 amide bonds. The Hall–Kier alpha value is -2.18. The maximum absolute atomic E-state index is 13.1. The quantitative estimate of drug-likeness (QED) is 0.808. The van der Waals surface area contributed by atoms with Crippen LogP contribution in [0.1, 0.15) is 36.6 Å². The maximum atomic E-state index is 13.1. The lowest BCUT2D eigenvalue weighted by Gasteiger charge is -2.26. The molecule has 0 aliphatic heterocycles. The predicted octanol–water partition coefficient (Wildman–Crippen LogP) is 3.38. The number of rotatable bonds is 7. The fourth-order valence-corrected chi connectivity index (χ4v) is 3.55. The number of anilines is 1. The highest BCUT2D eigenvalue weighted by atomic mass is 32.2. The third kappa shape index (κ3) is 4.51. The minimum atomic E-state index is -3.55. The van der Waals surface area contributed by atoms with E-state index >= 15 is 0 Å². The lowest BCUT2D eigenvalue weighted by atomic mass is 10.0. The van der Waals surface area contributed by atoms with Crippen molar-refractivity contribution in [3.63, 3.8) is 0 Å². The summed E-state index contributed by atoms with van der Waals surface area (Å²) < 4.78 is 25.3. The molecule has 140 valence electrons. The van der Waals surface area contributed by atoms with Crippen molar-refractivity contribution in [2.24, 2.45) is 0 Å². The molecule has 0 radical (unpaired) electrons. The second kappa shape index (κ2) is 8.47. The first-order valence-corrected chi connectivity index (χ1v) is 10.5. The SMILES string of the molecule is CCc1cccc(CC)c1NC(=O)[C@H](c1ccccc1)N(C)S(C)(=O)=O. The van der Waals surface area contributed by atoms with Crippen molar-refractivity contribution in [3.05, 3.63) is 65.2 Å². The molecule has 26 heavy (non-hydrogen) atoms. The third-order valence-corrected chi connectivity index (χ3v) is 5.75. The summed E-state index contributed by atoms with van der Waals surface area (Å²) in [6.07, 6.45) is 2.66. The Bertz CT molecular complexity index is 842. The summed E-state index contributed by atoms with van der Waals surface area (Å²) in [5.41, 5.74) is 3.48. The highest BCUT2D eigenvalue weighted by molar-refractivity contribution is 7.88. The zero-order valence-electron chi connectivity index (χ0n) is 15.7. The maximum Gasteiger partial charge on any atom is 0.247 e. The third-order valence-electron chi connectivity index (χ3n) is 4.50. The normalized spacial score (nSPS) is 12.8. The van der Waals surface area contributed by atoms with Crippen LogP contribution in [0.4, 0.5) is 5.69 Å². The molecule has 0 unspecified atom stereocenters. The first kappa shape index (κ1) is 20.1. The van der Waals surface area contributed by atoms with Crippen molar-refractivity contribution in [1.82, 2.24) is 4.31 Å². The largest absolute Gasteiger partial charge is 0.324 e. The number of hydrogen-bond donors (Lipinski definition) is 1. The second-order valence-electron chi connectivity index (χ2n) is 6.24. The van der Waals surface area contributed by atoms with E-state index in [2.05, 4.69) is 5.32 Å². The van der Waals surface area contributed by atoms with Crippen molar-refractivity contribution < 1.29 is 13.2 Å². The number of hydrogen-bond acceptors (Lipinski definition) is 3. The van der Waals surface area contributed by atoms with Gasteiger partial charge in [0.1, 0.15) is 6.04 Å². The Labute approximate surface area is 156 Å². The molecule has 0 saturated carbocycles. The van der Waals surface area contributed by atoms with Gasteiger partial charge >= 0.3 is 0 Å². The van der Waals surface area contributed by atoms with Crippen LogP contribution in [0.5, 0.6) is 0 Å². The van der Waals surface area contributed by atoms with Gasteiger partial charge in [0, 0.05) is 12.7 Å². The number of sulfonamides is 1. The highest BCUT2D eigenvalue weighted by Crippen LogP contribution is 2.27. The highest BCUT2D eigenvalue weighted by Gasteiger charge is 2.31. The molecule has 2 aromatic carbocycles. The topological polar surface area (TPSA) is 66.5 Å². The van der Waals surface area contributed by atoms with E-state index in [9.17, 15) is 13.2 Å². The van der Waals surface area contributed by atoms with Crippen LogP contribution in [0, 0.1) is 0 Å². The number of carbonyl (C=O) groups excluding carboxylic acids is 1. The Kier molecular flexibility index (Phi) is 6.56. The van der Waals surface area contributed by atoms with Gasteiger partial charge < -0.3 is 5.32 Å². The van der Waals surface area contributed by atoms with Gasteiger partial charge in [0.15, 0.2) is 0 Å². The van der Waals surface area contributed by atoms with E-state index in [4.69, 9.17) is 0 Å². The van der Waals surface area contributed by atoms with Crippen LogP contribution in [0.15, 0.2) is 48.5 Å². The minimum Gasteiger partial charge on any atom is -0.324 e. The number of para-hydroxylation sites is 1. The van der Waals surface area contributed by atoms with Crippen molar-refractivity contribution in [1.29, 1.82) is 0 Å². The smallest absolute Gasteiger partial charge is 0.247 e. The van der Waals surface area contributed by atoms with Gasteiger partial charge in [-0.2, -0.15) is 4.31 Å². The Morgan fingerprint density at radius 2 is 1.54 bits per heavy atom. The summed E-state index contributed by atoms with van der Waals surface area (Å²) >= 11 is 0. The number of aryl methyl sites for hydroxylation is 2. The standard InChI is InChI=1S/C20H26N2O3S/c1-5-15-13-10-14-16(6-2)18(15)21-20(23)19(22(3)26(4,24)25)17-11-8-7-9-12-17/h7-14,19H,5-6H2,1-4H3,(H,21,23)/t19-/m0/s1. The van der Waals surface area contributed by atoms with E-state index in [0.29, 0.717) is 5.56 Å². The molecule has 0 saturated heterocycles. The fraction of sp³-hybridized carbons (Fsp3) is 0.350. The van der Waals surface area contributed by atoms with Crippen molar-refractivity contribution in [2.75, 3.05) is 18.6 Å².